The molecule has 1 fully saturated rings. The van der Waals surface area contributed by atoms with E-state index in [0.29, 0.717) is 25.0 Å². The molecule has 2 amide bonds. The van der Waals surface area contributed by atoms with Crippen molar-refractivity contribution in [2.24, 2.45) is 17.6 Å². The number of allylic oxidation sites excluding steroid dienone is 2. The van der Waals surface area contributed by atoms with Crippen LogP contribution in [-0.4, -0.2) is 35.4 Å². The van der Waals surface area contributed by atoms with Gasteiger partial charge in [-0.3, -0.25) is 4.79 Å². The van der Waals surface area contributed by atoms with E-state index in [1.807, 2.05) is 6.08 Å². The standard InChI is InChI=1S/C21H32N2O6/c1-20(2,3)28-18(25)23-13-9-12-7-8-14(27-19(26)29-21(4,5)6)11-15(12)16(10-13)17(22)24/h7,11,13,15-16H,8-10H2,1-6H3,(H2,22,24)(H,23,25)/t13-,15-,16+/m1/s1. The molecule has 2 aliphatic rings. The van der Waals surface area contributed by atoms with E-state index < -0.39 is 35.3 Å². The lowest BCUT2D eigenvalue weighted by Crippen LogP contribution is -2.46. The normalized spacial score (nSPS) is 24.4. The van der Waals surface area contributed by atoms with E-state index in [1.165, 1.54) is 0 Å². The molecular formula is C21H32N2O6. The van der Waals surface area contributed by atoms with Gasteiger partial charge < -0.3 is 25.3 Å². The monoisotopic (exact) mass is 408 g/mol. The summed E-state index contributed by atoms with van der Waals surface area (Å²) in [7, 11) is 0. The molecule has 29 heavy (non-hydrogen) atoms. The molecule has 0 aromatic rings. The van der Waals surface area contributed by atoms with Gasteiger partial charge in [0.2, 0.25) is 5.91 Å². The van der Waals surface area contributed by atoms with Crippen molar-refractivity contribution >= 4 is 18.2 Å². The molecule has 0 aliphatic heterocycles. The number of carbonyl (C=O) groups is 3. The second kappa shape index (κ2) is 8.47. The van der Waals surface area contributed by atoms with Crippen molar-refractivity contribution < 1.29 is 28.6 Å². The second-order valence-electron chi connectivity index (χ2n) is 9.50. The molecule has 2 rings (SSSR count). The summed E-state index contributed by atoms with van der Waals surface area (Å²) < 4.78 is 15.8. The fraction of sp³-hybridized carbons (Fsp3) is 0.667. The molecule has 0 aromatic carbocycles. The van der Waals surface area contributed by atoms with Gasteiger partial charge in [0.05, 0.1) is 0 Å². The molecule has 8 heteroatoms. The van der Waals surface area contributed by atoms with Gasteiger partial charge in [-0.1, -0.05) is 11.6 Å². The fourth-order valence-corrected chi connectivity index (χ4v) is 3.49. The number of hydrogen-bond donors (Lipinski definition) is 2. The minimum Gasteiger partial charge on any atom is -0.444 e. The summed E-state index contributed by atoms with van der Waals surface area (Å²) in [6, 6.07) is -0.258. The highest BCUT2D eigenvalue weighted by Gasteiger charge is 2.39. The minimum atomic E-state index is -0.781. The van der Waals surface area contributed by atoms with Crippen molar-refractivity contribution in [1.82, 2.24) is 5.32 Å². The lowest BCUT2D eigenvalue weighted by atomic mass is 9.71. The highest BCUT2D eigenvalue weighted by molar-refractivity contribution is 5.78. The number of rotatable bonds is 3. The number of nitrogens with one attached hydrogen (secondary N) is 1. The van der Waals surface area contributed by atoms with Crippen LogP contribution in [0, 0.1) is 11.8 Å². The van der Waals surface area contributed by atoms with Gasteiger partial charge in [0.25, 0.3) is 0 Å². The number of ether oxygens (including phenoxy) is 3. The zero-order valence-electron chi connectivity index (χ0n) is 18.0. The number of hydrogen-bond acceptors (Lipinski definition) is 6. The number of fused-ring (bicyclic) bond motifs is 1. The average Bonchev–Trinajstić information content (AvgIpc) is 2.50. The van der Waals surface area contributed by atoms with E-state index in [9.17, 15) is 14.4 Å². The van der Waals surface area contributed by atoms with Crippen molar-refractivity contribution in [1.29, 1.82) is 0 Å². The number of primary amides is 1. The highest BCUT2D eigenvalue weighted by Crippen LogP contribution is 2.40. The van der Waals surface area contributed by atoms with E-state index >= 15 is 0 Å². The molecule has 8 nitrogen and oxygen atoms in total. The van der Waals surface area contributed by atoms with Crippen LogP contribution in [-0.2, 0) is 19.0 Å². The lowest BCUT2D eigenvalue weighted by Gasteiger charge is -2.37. The molecule has 0 radical (unpaired) electrons. The Morgan fingerprint density at radius 2 is 1.69 bits per heavy atom. The topological polar surface area (TPSA) is 117 Å². The molecule has 0 bridgehead atoms. The Morgan fingerprint density at radius 1 is 1.07 bits per heavy atom. The van der Waals surface area contributed by atoms with Gasteiger partial charge in [0.1, 0.15) is 17.0 Å². The first kappa shape index (κ1) is 22.8. The molecule has 0 saturated heterocycles. The highest BCUT2D eigenvalue weighted by atomic mass is 16.7. The number of amides is 2. The predicted octanol–water partition coefficient (Wildman–Crippen LogP) is 3.56. The Balaban J connectivity index is 2.07. The molecular weight excluding hydrogens is 376 g/mol. The van der Waals surface area contributed by atoms with Crippen LogP contribution in [0.15, 0.2) is 23.5 Å². The third kappa shape index (κ3) is 7.11. The quantitative estimate of drug-likeness (QED) is 0.545. The van der Waals surface area contributed by atoms with Crippen LogP contribution < -0.4 is 11.1 Å². The van der Waals surface area contributed by atoms with Crippen LogP contribution in [0.25, 0.3) is 0 Å². The summed E-state index contributed by atoms with van der Waals surface area (Å²) >= 11 is 0. The zero-order valence-corrected chi connectivity index (χ0v) is 18.0. The van der Waals surface area contributed by atoms with E-state index in [-0.39, 0.29) is 12.0 Å². The Bertz CT molecular complexity index is 726. The van der Waals surface area contributed by atoms with Gasteiger partial charge >= 0.3 is 12.2 Å². The number of nitrogens with two attached hydrogens (primary N) is 1. The fourth-order valence-electron chi connectivity index (χ4n) is 3.49. The van der Waals surface area contributed by atoms with Gasteiger partial charge in [-0.25, -0.2) is 9.59 Å². The van der Waals surface area contributed by atoms with Crippen LogP contribution in [0.2, 0.25) is 0 Å². The van der Waals surface area contributed by atoms with E-state index in [2.05, 4.69) is 5.32 Å². The Labute approximate surface area is 171 Å². The van der Waals surface area contributed by atoms with Gasteiger partial charge in [-0.05, 0) is 60.5 Å². The lowest BCUT2D eigenvalue weighted by molar-refractivity contribution is -0.123. The molecule has 162 valence electrons. The summed E-state index contributed by atoms with van der Waals surface area (Å²) in [6.45, 7) is 10.6. The zero-order chi connectivity index (χ0) is 22.0. The maximum atomic E-state index is 12.1. The van der Waals surface area contributed by atoms with E-state index in [0.717, 1.165) is 5.57 Å². The van der Waals surface area contributed by atoms with E-state index in [1.54, 1.807) is 47.6 Å². The van der Waals surface area contributed by atoms with Crippen LogP contribution in [0.4, 0.5) is 9.59 Å². The van der Waals surface area contributed by atoms with Crippen molar-refractivity contribution in [3.63, 3.8) is 0 Å². The van der Waals surface area contributed by atoms with Crippen LogP contribution in [0.5, 0.6) is 0 Å². The van der Waals surface area contributed by atoms with Gasteiger partial charge in [-0.2, -0.15) is 0 Å². The molecule has 3 N–H and O–H groups in total. The maximum Gasteiger partial charge on any atom is 0.514 e. The summed E-state index contributed by atoms with van der Waals surface area (Å²) in [5.41, 5.74) is 5.35. The first-order chi connectivity index (χ1) is 13.2. The molecule has 2 aliphatic carbocycles. The van der Waals surface area contributed by atoms with Gasteiger partial charge in [-0.15, -0.1) is 0 Å². The average molecular weight is 408 g/mol. The van der Waals surface area contributed by atoms with E-state index in [4.69, 9.17) is 19.9 Å². The van der Waals surface area contributed by atoms with Crippen LogP contribution in [0.3, 0.4) is 0 Å². The van der Waals surface area contributed by atoms with Gasteiger partial charge in [0, 0.05) is 24.3 Å². The smallest absolute Gasteiger partial charge is 0.444 e. The SMILES string of the molecule is CC(C)(C)OC(=O)N[C@@H]1CC2=CCC(OC(=O)OC(C)(C)C)=C[C@H]2[C@@H](C(N)=O)C1. The largest absolute Gasteiger partial charge is 0.514 e. The Hall–Kier alpha value is -2.51. The first-order valence-electron chi connectivity index (χ1n) is 9.83. The first-order valence-corrected chi connectivity index (χ1v) is 9.83. The molecule has 3 atom stereocenters. The third-order valence-electron chi connectivity index (χ3n) is 4.50. The van der Waals surface area contributed by atoms with Crippen LogP contribution >= 0.6 is 0 Å². The second-order valence-corrected chi connectivity index (χ2v) is 9.50. The van der Waals surface area contributed by atoms with Crippen molar-refractivity contribution in [2.75, 3.05) is 0 Å². The summed E-state index contributed by atoms with van der Waals surface area (Å²) in [4.78, 5) is 36.1. The summed E-state index contributed by atoms with van der Waals surface area (Å²) in [5.74, 6) is -0.827. The van der Waals surface area contributed by atoms with Crippen molar-refractivity contribution in [3.8, 4) is 0 Å². The Kier molecular flexibility index (Phi) is 6.65. The third-order valence-corrected chi connectivity index (χ3v) is 4.50. The molecule has 1 saturated carbocycles. The molecule has 0 aromatic heterocycles. The van der Waals surface area contributed by atoms with Crippen molar-refractivity contribution in [3.05, 3.63) is 23.5 Å². The molecule has 0 heterocycles. The summed E-state index contributed by atoms with van der Waals surface area (Å²) in [5, 5.41) is 2.83. The van der Waals surface area contributed by atoms with Crippen LogP contribution in [0.1, 0.15) is 60.8 Å². The predicted molar refractivity (Wildman–Crippen MR) is 107 cm³/mol. The van der Waals surface area contributed by atoms with Gasteiger partial charge in [0.15, 0.2) is 0 Å². The minimum absolute atomic E-state index is 0.258. The maximum absolute atomic E-state index is 12.1. The van der Waals surface area contributed by atoms with Crippen molar-refractivity contribution in [2.45, 2.75) is 78.0 Å². The number of carbonyl (C=O) groups excluding carboxylic acids is 3. The Morgan fingerprint density at radius 3 is 2.24 bits per heavy atom. The number of alkyl carbamates (subject to hydrolysis) is 1. The molecule has 0 unspecified atom stereocenters. The summed E-state index contributed by atoms with van der Waals surface area (Å²) in [6.07, 6.45) is 3.73. The molecule has 0 spiro atoms.